The lowest BCUT2D eigenvalue weighted by atomic mass is 10.1. The van der Waals surface area contributed by atoms with E-state index in [1.165, 1.54) is 5.56 Å². The number of benzene rings is 2. The lowest BCUT2D eigenvalue weighted by molar-refractivity contribution is 1.04. The van der Waals surface area contributed by atoms with Crippen molar-refractivity contribution >= 4 is 28.7 Å². The molecule has 2 N–H and O–H groups in total. The normalized spacial score (nSPS) is 11.0. The van der Waals surface area contributed by atoms with E-state index >= 15 is 0 Å². The molecule has 0 spiro atoms. The summed E-state index contributed by atoms with van der Waals surface area (Å²) in [6.07, 6.45) is 0. The number of rotatable bonds is 3. The number of nitrogens with one attached hydrogen (secondary N) is 2. The van der Waals surface area contributed by atoms with Gasteiger partial charge in [-0.1, -0.05) is 42.5 Å². The zero-order valence-electron chi connectivity index (χ0n) is 11.6. The monoisotopic (exact) mass is 283 g/mol. The SMILES string of the molecule is C/C(=N/NC(=S)Nc1cccc(C)c1)c1ccccc1. The van der Waals surface area contributed by atoms with Crippen molar-refractivity contribution in [2.24, 2.45) is 5.10 Å². The van der Waals surface area contributed by atoms with Gasteiger partial charge in [-0.25, -0.2) is 0 Å². The molecule has 102 valence electrons. The summed E-state index contributed by atoms with van der Waals surface area (Å²) < 4.78 is 0. The van der Waals surface area contributed by atoms with Crippen LogP contribution in [0.25, 0.3) is 0 Å². The van der Waals surface area contributed by atoms with Crippen LogP contribution in [0.2, 0.25) is 0 Å². The van der Waals surface area contributed by atoms with Crippen LogP contribution in [-0.2, 0) is 0 Å². The Kier molecular flexibility index (Phi) is 4.85. The fourth-order valence-corrected chi connectivity index (χ4v) is 1.92. The maximum absolute atomic E-state index is 5.22. The van der Waals surface area contributed by atoms with E-state index in [4.69, 9.17) is 12.2 Å². The topological polar surface area (TPSA) is 36.4 Å². The highest BCUT2D eigenvalue weighted by Gasteiger charge is 1.98. The second-order valence-electron chi connectivity index (χ2n) is 4.50. The van der Waals surface area contributed by atoms with Crippen LogP contribution in [0.1, 0.15) is 18.1 Å². The zero-order valence-corrected chi connectivity index (χ0v) is 12.4. The van der Waals surface area contributed by atoms with Gasteiger partial charge in [0.25, 0.3) is 0 Å². The number of anilines is 1. The molecule has 0 aromatic heterocycles. The molecular weight excluding hydrogens is 266 g/mol. The van der Waals surface area contributed by atoms with E-state index in [0.717, 1.165) is 17.0 Å². The molecule has 3 nitrogen and oxygen atoms in total. The number of aryl methyl sites for hydroxylation is 1. The molecule has 0 amide bonds. The number of hydrogen-bond donors (Lipinski definition) is 2. The molecule has 0 saturated heterocycles. The van der Waals surface area contributed by atoms with Crippen molar-refractivity contribution in [3.05, 3.63) is 65.7 Å². The highest BCUT2D eigenvalue weighted by atomic mass is 32.1. The van der Waals surface area contributed by atoms with Gasteiger partial charge in [0.2, 0.25) is 0 Å². The molecule has 0 saturated carbocycles. The van der Waals surface area contributed by atoms with Gasteiger partial charge in [0.15, 0.2) is 5.11 Å². The van der Waals surface area contributed by atoms with E-state index in [-0.39, 0.29) is 0 Å². The van der Waals surface area contributed by atoms with E-state index in [1.807, 2.05) is 68.4 Å². The van der Waals surface area contributed by atoms with E-state index in [2.05, 4.69) is 15.8 Å². The number of thiocarbonyl (C=S) groups is 1. The summed E-state index contributed by atoms with van der Waals surface area (Å²) in [5.41, 5.74) is 6.95. The van der Waals surface area contributed by atoms with Crippen LogP contribution in [-0.4, -0.2) is 10.8 Å². The zero-order chi connectivity index (χ0) is 14.4. The third-order valence-electron chi connectivity index (χ3n) is 2.79. The van der Waals surface area contributed by atoms with Crippen LogP contribution in [0.4, 0.5) is 5.69 Å². The second kappa shape index (κ2) is 6.82. The van der Waals surface area contributed by atoms with Gasteiger partial charge in [0.1, 0.15) is 0 Å². The highest BCUT2D eigenvalue weighted by molar-refractivity contribution is 7.80. The molecule has 2 aromatic rings. The van der Waals surface area contributed by atoms with Crippen LogP contribution in [0, 0.1) is 6.92 Å². The van der Waals surface area contributed by atoms with Gasteiger partial charge in [-0.05, 0) is 49.3 Å². The van der Waals surface area contributed by atoms with Gasteiger partial charge < -0.3 is 5.32 Å². The molecule has 0 aliphatic rings. The number of hydrogen-bond acceptors (Lipinski definition) is 2. The maximum atomic E-state index is 5.22. The summed E-state index contributed by atoms with van der Waals surface area (Å²) in [6, 6.07) is 18.0. The van der Waals surface area contributed by atoms with E-state index in [1.54, 1.807) is 0 Å². The van der Waals surface area contributed by atoms with Gasteiger partial charge in [-0.15, -0.1) is 0 Å². The first-order valence-corrected chi connectivity index (χ1v) is 6.79. The molecule has 0 fully saturated rings. The van der Waals surface area contributed by atoms with Gasteiger partial charge >= 0.3 is 0 Å². The first-order valence-electron chi connectivity index (χ1n) is 6.38. The third-order valence-corrected chi connectivity index (χ3v) is 2.99. The van der Waals surface area contributed by atoms with Gasteiger partial charge in [0, 0.05) is 5.69 Å². The molecular formula is C16H17N3S. The first-order chi connectivity index (χ1) is 9.65. The molecule has 0 unspecified atom stereocenters. The van der Waals surface area contributed by atoms with Gasteiger partial charge in [0.05, 0.1) is 5.71 Å². The Morgan fingerprint density at radius 1 is 1.05 bits per heavy atom. The lowest BCUT2D eigenvalue weighted by Gasteiger charge is -2.08. The van der Waals surface area contributed by atoms with Gasteiger partial charge in [-0.3, -0.25) is 5.43 Å². The summed E-state index contributed by atoms with van der Waals surface area (Å²) >= 11 is 5.22. The molecule has 0 radical (unpaired) electrons. The van der Waals surface area contributed by atoms with Crippen molar-refractivity contribution in [1.82, 2.24) is 5.43 Å². The van der Waals surface area contributed by atoms with Gasteiger partial charge in [-0.2, -0.15) is 5.10 Å². The maximum Gasteiger partial charge on any atom is 0.191 e. The van der Waals surface area contributed by atoms with Crippen LogP contribution < -0.4 is 10.7 Å². The fourth-order valence-electron chi connectivity index (χ4n) is 1.76. The Hall–Kier alpha value is -2.20. The van der Waals surface area contributed by atoms with E-state index < -0.39 is 0 Å². The van der Waals surface area contributed by atoms with E-state index in [0.29, 0.717) is 5.11 Å². The van der Waals surface area contributed by atoms with Crippen LogP contribution in [0.5, 0.6) is 0 Å². The molecule has 4 heteroatoms. The highest BCUT2D eigenvalue weighted by Crippen LogP contribution is 2.09. The van der Waals surface area contributed by atoms with Crippen molar-refractivity contribution in [2.75, 3.05) is 5.32 Å². The molecule has 0 heterocycles. The summed E-state index contributed by atoms with van der Waals surface area (Å²) in [7, 11) is 0. The fraction of sp³-hybridized carbons (Fsp3) is 0.125. The third kappa shape index (κ3) is 4.17. The number of nitrogens with zero attached hydrogens (tertiary/aromatic N) is 1. The van der Waals surface area contributed by atoms with E-state index in [9.17, 15) is 0 Å². The van der Waals surface area contributed by atoms with Crippen molar-refractivity contribution in [1.29, 1.82) is 0 Å². The Bertz CT molecular complexity index is 621. The number of hydrazone groups is 1. The minimum Gasteiger partial charge on any atom is -0.331 e. The van der Waals surface area contributed by atoms with Crippen molar-refractivity contribution in [3.8, 4) is 0 Å². The molecule has 0 aliphatic carbocycles. The molecule has 2 aromatic carbocycles. The quantitative estimate of drug-likeness (QED) is 0.512. The smallest absolute Gasteiger partial charge is 0.191 e. The average Bonchev–Trinajstić information content (AvgIpc) is 2.46. The van der Waals surface area contributed by atoms with Crippen LogP contribution in [0.3, 0.4) is 0 Å². The summed E-state index contributed by atoms with van der Waals surface area (Å²) in [5, 5.41) is 7.86. The average molecular weight is 283 g/mol. The second-order valence-corrected chi connectivity index (χ2v) is 4.91. The molecule has 0 aliphatic heterocycles. The Balaban J connectivity index is 1.95. The minimum atomic E-state index is 0.478. The molecule has 2 rings (SSSR count). The Morgan fingerprint density at radius 3 is 2.50 bits per heavy atom. The standard InChI is InChI=1S/C16H17N3S/c1-12-7-6-10-15(11-12)17-16(20)19-18-13(2)14-8-4-3-5-9-14/h3-11H,1-2H3,(H2,17,19,20)/b18-13-. The Labute approximate surface area is 124 Å². The Morgan fingerprint density at radius 2 is 1.80 bits per heavy atom. The van der Waals surface area contributed by atoms with Crippen LogP contribution >= 0.6 is 12.2 Å². The molecule has 0 bridgehead atoms. The largest absolute Gasteiger partial charge is 0.331 e. The predicted octanol–water partition coefficient (Wildman–Crippen LogP) is 3.71. The summed E-state index contributed by atoms with van der Waals surface area (Å²) in [6.45, 7) is 3.98. The molecule has 20 heavy (non-hydrogen) atoms. The molecule has 0 atom stereocenters. The predicted molar refractivity (Wildman–Crippen MR) is 89.2 cm³/mol. The first kappa shape index (κ1) is 14.2. The van der Waals surface area contributed by atoms with Crippen molar-refractivity contribution in [2.45, 2.75) is 13.8 Å². The van der Waals surface area contributed by atoms with Crippen LogP contribution in [0.15, 0.2) is 59.7 Å². The summed E-state index contributed by atoms with van der Waals surface area (Å²) in [4.78, 5) is 0. The van der Waals surface area contributed by atoms with Crippen molar-refractivity contribution in [3.63, 3.8) is 0 Å². The summed E-state index contributed by atoms with van der Waals surface area (Å²) in [5.74, 6) is 0. The lowest BCUT2D eigenvalue weighted by Crippen LogP contribution is -2.24. The van der Waals surface area contributed by atoms with Crippen molar-refractivity contribution < 1.29 is 0 Å². The minimum absolute atomic E-state index is 0.478.